The zero-order valence-corrected chi connectivity index (χ0v) is 8.48. The SMILES string of the molecule is OC[C@@H]1C[C@H]1Nc1nc2c(F)cccc2o1. The van der Waals surface area contributed by atoms with Crippen LogP contribution in [0.1, 0.15) is 6.42 Å². The molecule has 0 amide bonds. The lowest BCUT2D eigenvalue weighted by molar-refractivity contribution is 0.275. The molecule has 1 saturated carbocycles. The molecule has 1 aromatic carbocycles. The molecule has 1 heterocycles. The number of hydrogen-bond acceptors (Lipinski definition) is 4. The maximum atomic E-state index is 13.3. The van der Waals surface area contributed by atoms with Gasteiger partial charge in [-0.1, -0.05) is 6.07 Å². The van der Waals surface area contributed by atoms with Gasteiger partial charge in [0.25, 0.3) is 6.01 Å². The van der Waals surface area contributed by atoms with Crippen LogP contribution in [0.15, 0.2) is 22.6 Å². The van der Waals surface area contributed by atoms with Crippen LogP contribution in [0.25, 0.3) is 11.1 Å². The van der Waals surface area contributed by atoms with Crippen LogP contribution in [0.3, 0.4) is 0 Å². The highest BCUT2D eigenvalue weighted by atomic mass is 19.1. The summed E-state index contributed by atoms with van der Waals surface area (Å²) in [6.07, 6.45) is 0.901. The Labute approximate surface area is 91.1 Å². The van der Waals surface area contributed by atoms with E-state index in [0.717, 1.165) is 6.42 Å². The number of halogens is 1. The van der Waals surface area contributed by atoms with E-state index in [4.69, 9.17) is 9.52 Å². The van der Waals surface area contributed by atoms with Gasteiger partial charge >= 0.3 is 0 Å². The second kappa shape index (κ2) is 3.45. The largest absolute Gasteiger partial charge is 0.423 e. The second-order valence-corrected chi connectivity index (χ2v) is 4.03. The Morgan fingerprint density at radius 2 is 2.44 bits per heavy atom. The predicted octanol–water partition coefficient (Wildman–Crippen LogP) is 1.76. The number of hydrogen-bond donors (Lipinski definition) is 2. The number of nitrogens with one attached hydrogen (secondary N) is 1. The first-order chi connectivity index (χ1) is 7.78. The zero-order valence-electron chi connectivity index (χ0n) is 8.48. The van der Waals surface area contributed by atoms with Gasteiger partial charge in [0.15, 0.2) is 11.4 Å². The van der Waals surface area contributed by atoms with Gasteiger partial charge in [0.1, 0.15) is 5.52 Å². The van der Waals surface area contributed by atoms with Crippen LogP contribution in [-0.2, 0) is 0 Å². The first kappa shape index (κ1) is 9.59. The van der Waals surface area contributed by atoms with Gasteiger partial charge in [-0.3, -0.25) is 0 Å². The minimum atomic E-state index is -0.385. The summed E-state index contributed by atoms with van der Waals surface area (Å²) in [5, 5.41) is 11.9. The highest BCUT2D eigenvalue weighted by Crippen LogP contribution is 2.33. The lowest BCUT2D eigenvalue weighted by Crippen LogP contribution is -2.06. The van der Waals surface area contributed by atoms with E-state index >= 15 is 0 Å². The molecule has 5 heteroatoms. The fourth-order valence-corrected chi connectivity index (χ4v) is 1.76. The second-order valence-electron chi connectivity index (χ2n) is 4.03. The Morgan fingerprint density at radius 1 is 1.56 bits per heavy atom. The number of fused-ring (bicyclic) bond motifs is 1. The molecule has 0 unspecified atom stereocenters. The number of nitrogens with zero attached hydrogens (tertiary/aromatic N) is 1. The van der Waals surface area contributed by atoms with E-state index in [1.54, 1.807) is 12.1 Å². The molecule has 84 valence electrons. The average molecular weight is 222 g/mol. The smallest absolute Gasteiger partial charge is 0.296 e. The van der Waals surface area contributed by atoms with Crippen LogP contribution in [0.4, 0.5) is 10.4 Å². The van der Waals surface area contributed by atoms with Crippen molar-refractivity contribution in [2.45, 2.75) is 12.5 Å². The Balaban J connectivity index is 1.86. The molecule has 1 aliphatic rings. The number of aliphatic hydroxyl groups is 1. The molecule has 4 nitrogen and oxygen atoms in total. The average Bonchev–Trinajstić information content (AvgIpc) is 2.87. The Hall–Kier alpha value is -1.62. The summed E-state index contributed by atoms with van der Waals surface area (Å²) in [5.74, 6) is -0.122. The van der Waals surface area contributed by atoms with Crippen molar-refractivity contribution < 1.29 is 13.9 Å². The molecule has 1 fully saturated rings. The van der Waals surface area contributed by atoms with E-state index in [9.17, 15) is 4.39 Å². The summed E-state index contributed by atoms with van der Waals surface area (Å²) in [6, 6.07) is 5.12. The number of benzene rings is 1. The predicted molar refractivity (Wildman–Crippen MR) is 56.6 cm³/mol. The molecule has 0 bridgehead atoms. The summed E-state index contributed by atoms with van der Waals surface area (Å²) in [7, 11) is 0. The fourth-order valence-electron chi connectivity index (χ4n) is 1.76. The van der Waals surface area contributed by atoms with Gasteiger partial charge < -0.3 is 14.8 Å². The maximum absolute atomic E-state index is 13.3. The van der Waals surface area contributed by atoms with E-state index in [1.807, 2.05) is 0 Å². The van der Waals surface area contributed by atoms with Crippen LogP contribution >= 0.6 is 0 Å². The van der Waals surface area contributed by atoms with Crippen molar-refractivity contribution in [1.82, 2.24) is 4.98 Å². The normalized spacial score (nSPS) is 23.6. The number of oxazole rings is 1. The minimum absolute atomic E-state index is 0.159. The quantitative estimate of drug-likeness (QED) is 0.830. The fraction of sp³-hybridized carbons (Fsp3) is 0.364. The highest BCUT2D eigenvalue weighted by molar-refractivity contribution is 5.75. The highest BCUT2D eigenvalue weighted by Gasteiger charge is 2.37. The molecule has 16 heavy (non-hydrogen) atoms. The summed E-state index contributed by atoms with van der Waals surface area (Å²) in [4.78, 5) is 4.03. The molecule has 0 radical (unpaired) electrons. The molecule has 0 saturated heterocycles. The van der Waals surface area contributed by atoms with Gasteiger partial charge in [0.05, 0.1) is 0 Å². The van der Waals surface area contributed by atoms with Gasteiger partial charge in [0.2, 0.25) is 0 Å². The molecule has 2 N–H and O–H groups in total. The Kier molecular flexibility index (Phi) is 2.07. The summed E-state index contributed by atoms with van der Waals surface area (Å²) >= 11 is 0. The van der Waals surface area contributed by atoms with Crippen LogP contribution in [0.5, 0.6) is 0 Å². The third-order valence-electron chi connectivity index (χ3n) is 2.84. The van der Waals surface area contributed by atoms with Gasteiger partial charge in [-0.25, -0.2) is 4.39 Å². The summed E-state index contributed by atoms with van der Waals surface area (Å²) < 4.78 is 18.7. The van der Waals surface area contributed by atoms with Crippen LogP contribution < -0.4 is 5.32 Å². The maximum Gasteiger partial charge on any atom is 0.296 e. The van der Waals surface area contributed by atoms with Crippen LogP contribution in [-0.4, -0.2) is 22.7 Å². The first-order valence-corrected chi connectivity index (χ1v) is 5.20. The van der Waals surface area contributed by atoms with Crippen molar-refractivity contribution >= 4 is 17.1 Å². The lowest BCUT2D eigenvalue weighted by atomic mass is 10.3. The first-order valence-electron chi connectivity index (χ1n) is 5.20. The van der Waals surface area contributed by atoms with E-state index in [2.05, 4.69) is 10.3 Å². The van der Waals surface area contributed by atoms with Gasteiger partial charge in [-0.05, 0) is 18.6 Å². The molecule has 0 spiro atoms. The standard InChI is InChI=1S/C11H11FN2O2/c12-7-2-1-3-9-10(7)14-11(16-9)13-8-4-6(8)5-15/h1-3,6,8,15H,4-5H2,(H,13,14)/t6-,8+/m0/s1. The molecular weight excluding hydrogens is 211 g/mol. The third kappa shape index (κ3) is 1.53. The molecule has 2 atom stereocenters. The number of para-hydroxylation sites is 1. The van der Waals surface area contributed by atoms with Crippen molar-refractivity contribution in [3.05, 3.63) is 24.0 Å². The molecule has 3 rings (SSSR count). The number of rotatable bonds is 3. The van der Waals surface area contributed by atoms with Gasteiger partial charge in [0, 0.05) is 18.6 Å². The summed E-state index contributed by atoms with van der Waals surface area (Å²) in [6.45, 7) is 0.159. The van der Waals surface area contributed by atoms with Crippen molar-refractivity contribution in [3.63, 3.8) is 0 Å². The minimum Gasteiger partial charge on any atom is -0.423 e. The van der Waals surface area contributed by atoms with Crippen LogP contribution in [0, 0.1) is 11.7 Å². The molecule has 1 aliphatic carbocycles. The topological polar surface area (TPSA) is 58.3 Å². The van der Waals surface area contributed by atoms with E-state index < -0.39 is 0 Å². The van der Waals surface area contributed by atoms with Gasteiger partial charge in [-0.2, -0.15) is 4.98 Å². The molecular formula is C11H11FN2O2. The number of aliphatic hydroxyl groups excluding tert-OH is 1. The number of aromatic nitrogens is 1. The van der Waals surface area contributed by atoms with E-state index in [0.29, 0.717) is 11.6 Å². The monoisotopic (exact) mass is 222 g/mol. The van der Waals surface area contributed by atoms with Crippen LogP contribution in [0.2, 0.25) is 0 Å². The molecule has 0 aliphatic heterocycles. The lowest BCUT2D eigenvalue weighted by Gasteiger charge is -1.97. The van der Waals surface area contributed by atoms with Crippen molar-refractivity contribution in [2.75, 3.05) is 11.9 Å². The molecule has 2 aromatic rings. The van der Waals surface area contributed by atoms with Crippen molar-refractivity contribution in [1.29, 1.82) is 0 Å². The molecule has 1 aromatic heterocycles. The Bertz CT molecular complexity index is 526. The number of anilines is 1. The van der Waals surface area contributed by atoms with Crippen molar-refractivity contribution in [2.24, 2.45) is 5.92 Å². The zero-order chi connectivity index (χ0) is 11.1. The van der Waals surface area contributed by atoms with Crippen molar-refractivity contribution in [3.8, 4) is 0 Å². The van der Waals surface area contributed by atoms with E-state index in [-0.39, 0.29) is 29.9 Å². The van der Waals surface area contributed by atoms with E-state index in [1.165, 1.54) is 6.07 Å². The summed E-state index contributed by atoms with van der Waals surface area (Å²) in [5.41, 5.74) is 0.676. The Morgan fingerprint density at radius 3 is 3.12 bits per heavy atom. The van der Waals surface area contributed by atoms with Gasteiger partial charge in [-0.15, -0.1) is 0 Å². The third-order valence-corrected chi connectivity index (χ3v) is 2.84.